The molecule has 0 N–H and O–H groups in total. The van der Waals surface area contributed by atoms with Gasteiger partial charge in [-0.1, -0.05) is 132 Å². The summed E-state index contributed by atoms with van der Waals surface area (Å²) in [6.45, 7) is 11.0. The number of carbonyl (C=O) groups is 6. The average Bonchev–Trinajstić information content (AvgIpc) is 3.50. The molecular formula is C51H46O8S. The summed E-state index contributed by atoms with van der Waals surface area (Å²) in [5.41, 5.74) is 9.54. The number of carbonyl (C=O) groups excluding carboxylic acids is 6. The van der Waals surface area contributed by atoms with Crippen LogP contribution in [-0.4, -0.2) is 41.9 Å². The quantitative estimate of drug-likeness (QED) is 0.112. The van der Waals surface area contributed by atoms with Crippen molar-refractivity contribution in [2.75, 3.05) is 0 Å². The highest BCUT2D eigenvalue weighted by Gasteiger charge is 2.45. The fourth-order valence-electron chi connectivity index (χ4n) is 7.46. The lowest BCUT2D eigenvalue weighted by atomic mass is 9.75. The highest BCUT2D eigenvalue weighted by atomic mass is 32.2. The van der Waals surface area contributed by atoms with Gasteiger partial charge >= 0.3 is 0 Å². The lowest BCUT2D eigenvalue weighted by Gasteiger charge is -2.28. The second kappa shape index (κ2) is 19.4. The summed E-state index contributed by atoms with van der Waals surface area (Å²) in [5.74, 6) is 0.406. The molecule has 0 aliphatic heterocycles. The van der Waals surface area contributed by atoms with Gasteiger partial charge in [0, 0.05) is 44.2 Å². The first-order valence-electron chi connectivity index (χ1n) is 19.2. The lowest BCUT2D eigenvalue weighted by molar-refractivity contribution is 0.111. The van der Waals surface area contributed by atoms with E-state index in [9.17, 15) is 33.0 Å². The second-order valence-electron chi connectivity index (χ2n) is 15.9. The standard InChI is InChI=1S/C20H20O2.C17H16O2.C14H10O4S/c1-19(2)13-20(3,16-7-4-14(11-21)5-8-16)18-10-15(12-22)6-9-17(18)19;1-17(2,15-7-3-13(11-18)4-8-15)16-9-5-14(12-19)6-10-16;15-9-11-1-5-13(6-2-11)18-19(17)14-7-3-12(10-16)4-8-14/h4-12H,13H2,1-3H3;3-12H,1-2H3;1-10H. The van der Waals surface area contributed by atoms with Crippen LogP contribution >= 0.6 is 0 Å². The van der Waals surface area contributed by atoms with Crippen LogP contribution in [0.25, 0.3) is 0 Å². The van der Waals surface area contributed by atoms with Gasteiger partial charge in [-0.15, -0.1) is 0 Å². The van der Waals surface area contributed by atoms with Crippen LogP contribution in [-0.2, 0) is 27.3 Å². The summed E-state index contributed by atoms with van der Waals surface area (Å²) < 4.78 is 17.1. The van der Waals surface area contributed by atoms with Crippen molar-refractivity contribution in [1.82, 2.24) is 0 Å². The van der Waals surface area contributed by atoms with Crippen molar-refractivity contribution in [2.24, 2.45) is 0 Å². The summed E-state index contributed by atoms with van der Waals surface area (Å²) in [6.07, 6.45) is 5.87. The molecule has 304 valence electrons. The van der Waals surface area contributed by atoms with Crippen LogP contribution < -0.4 is 4.18 Å². The predicted octanol–water partition coefficient (Wildman–Crippen LogP) is 10.3. The smallest absolute Gasteiger partial charge is 0.240 e. The van der Waals surface area contributed by atoms with Gasteiger partial charge in [0.25, 0.3) is 0 Å². The first kappa shape index (κ1) is 44.4. The largest absolute Gasteiger partial charge is 0.397 e. The van der Waals surface area contributed by atoms with Gasteiger partial charge in [0.1, 0.15) is 43.5 Å². The van der Waals surface area contributed by atoms with E-state index in [0.29, 0.717) is 50.3 Å². The number of aldehydes is 6. The van der Waals surface area contributed by atoms with E-state index < -0.39 is 11.1 Å². The maximum Gasteiger partial charge on any atom is 0.240 e. The van der Waals surface area contributed by atoms with Crippen LogP contribution in [0, 0.1) is 0 Å². The lowest BCUT2D eigenvalue weighted by Crippen LogP contribution is -2.23. The highest BCUT2D eigenvalue weighted by Crippen LogP contribution is 2.52. The normalized spacial score (nSPS) is 15.3. The Bertz CT molecular complexity index is 2430. The molecule has 0 aromatic heterocycles. The average molecular weight is 819 g/mol. The van der Waals surface area contributed by atoms with E-state index in [1.165, 1.54) is 16.7 Å². The Balaban J connectivity index is 0.000000171. The third-order valence-electron chi connectivity index (χ3n) is 10.9. The minimum absolute atomic E-state index is 0.0643. The Morgan fingerprint density at radius 1 is 0.483 bits per heavy atom. The Morgan fingerprint density at radius 3 is 1.27 bits per heavy atom. The highest BCUT2D eigenvalue weighted by molar-refractivity contribution is 7.80. The molecule has 6 aromatic carbocycles. The zero-order valence-electron chi connectivity index (χ0n) is 34.1. The summed E-state index contributed by atoms with van der Waals surface area (Å²) in [7, 11) is 0. The molecule has 2 atom stereocenters. The summed E-state index contributed by atoms with van der Waals surface area (Å²) in [6, 6.07) is 41.5. The van der Waals surface area contributed by atoms with E-state index in [-0.39, 0.29) is 16.2 Å². The molecule has 7 rings (SSSR count). The molecule has 0 heterocycles. The molecule has 60 heavy (non-hydrogen) atoms. The van der Waals surface area contributed by atoms with Gasteiger partial charge in [0.15, 0.2) is 0 Å². The Morgan fingerprint density at radius 2 is 0.850 bits per heavy atom. The van der Waals surface area contributed by atoms with Gasteiger partial charge in [-0.2, -0.15) is 0 Å². The van der Waals surface area contributed by atoms with Crippen LogP contribution in [0.4, 0.5) is 0 Å². The monoisotopic (exact) mass is 818 g/mol. The summed E-state index contributed by atoms with van der Waals surface area (Å²) in [5, 5.41) is 0. The van der Waals surface area contributed by atoms with Gasteiger partial charge in [0.05, 0.1) is 4.90 Å². The van der Waals surface area contributed by atoms with Gasteiger partial charge in [-0.05, 0) is 82.1 Å². The number of hydrogen-bond donors (Lipinski definition) is 0. The maximum atomic E-state index is 11.9. The Labute approximate surface area is 353 Å². The molecule has 0 saturated heterocycles. The van der Waals surface area contributed by atoms with Crippen molar-refractivity contribution >= 4 is 48.8 Å². The first-order chi connectivity index (χ1) is 28.7. The predicted molar refractivity (Wildman–Crippen MR) is 234 cm³/mol. The third-order valence-corrected chi connectivity index (χ3v) is 11.9. The SMILES string of the molecule is CC(C)(c1ccc(C=O)cc1)c1ccc(C=O)cc1.CC1(C)CC(C)(c2ccc(C=O)cc2)c2cc(C=O)ccc21.O=Cc1ccc(OS(=O)c2ccc(C=O)cc2)cc1. The van der Waals surface area contributed by atoms with Crippen LogP contribution in [0.5, 0.6) is 5.75 Å². The van der Waals surface area contributed by atoms with Crippen LogP contribution in [0.15, 0.2) is 144 Å². The second-order valence-corrected chi connectivity index (χ2v) is 17.0. The van der Waals surface area contributed by atoms with E-state index in [4.69, 9.17) is 4.18 Å². The number of hydrogen-bond acceptors (Lipinski definition) is 8. The molecule has 0 radical (unpaired) electrons. The number of benzene rings is 6. The van der Waals surface area contributed by atoms with Crippen LogP contribution in [0.3, 0.4) is 0 Å². The van der Waals surface area contributed by atoms with Crippen molar-refractivity contribution < 1.29 is 37.2 Å². The van der Waals surface area contributed by atoms with Crippen LogP contribution in [0.1, 0.15) is 131 Å². The van der Waals surface area contributed by atoms with Gasteiger partial charge in [-0.3, -0.25) is 28.8 Å². The minimum Gasteiger partial charge on any atom is -0.397 e. The van der Waals surface area contributed by atoms with Gasteiger partial charge in [0.2, 0.25) is 11.1 Å². The van der Waals surface area contributed by atoms with Crippen LogP contribution in [0.2, 0.25) is 0 Å². The summed E-state index contributed by atoms with van der Waals surface area (Å²) in [4.78, 5) is 64.8. The number of rotatable bonds is 12. The molecule has 1 aliphatic carbocycles. The molecule has 0 saturated carbocycles. The van der Waals surface area contributed by atoms with E-state index in [1.54, 1.807) is 48.5 Å². The van der Waals surface area contributed by atoms with Gasteiger partial charge < -0.3 is 4.18 Å². The van der Waals surface area contributed by atoms with E-state index in [0.717, 1.165) is 49.0 Å². The topological polar surface area (TPSA) is 129 Å². The molecule has 1 aliphatic rings. The first-order valence-corrected chi connectivity index (χ1v) is 20.3. The molecular weight excluding hydrogens is 773 g/mol. The fourth-order valence-corrected chi connectivity index (χ4v) is 8.20. The van der Waals surface area contributed by atoms with E-state index >= 15 is 0 Å². The molecule has 8 nitrogen and oxygen atoms in total. The zero-order chi connectivity index (χ0) is 43.5. The van der Waals surface area contributed by atoms with Crippen molar-refractivity contribution in [3.8, 4) is 5.75 Å². The van der Waals surface area contributed by atoms with Gasteiger partial charge in [-0.25, -0.2) is 4.21 Å². The molecule has 9 heteroatoms. The summed E-state index contributed by atoms with van der Waals surface area (Å²) >= 11 is -1.66. The zero-order valence-corrected chi connectivity index (χ0v) is 34.9. The number of fused-ring (bicyclic) bond motifs is 1. The van der Waals surface area contributed by atoms with Crippen molar-refractivity contribution in [3.05, 3.63) is 201 Å². The van der Waals surface area contributed by atoms with Crippen molar-refractivity contribution in [3.63, 3.8) is 0 Å². The third kappa shape index (κ3) is 10.3. The maximum absolute atomic E-state index is 11.9. The van der Waals surface area contributed by atoms with E-state index in [2.05, 4.69) is 40.7 Å². The molecule has 0 fully saturated rings. The van der Waals surface area contributed by atoms with E-state index in [1.807, 2.05) is 84.9 Å². The van der Waals surface area contributed by atoms with Crippen molar-refractivity contribution in [2.45, 2.75) is 62.2 Å². The molecule has 6 aromatic rings. The van der Waals surface area contributed by atoms with Crippen molar-refractivity contribution in [1.29, 1.82) is 0 Å². The molecule has 0 spiro atoms. The fraction of sp³-hybridized carbons (Fsp3) is 0.176. The molecule has 2 unspecified atom stereocenters. The Kier molecular flexibility index (Phi) is 14.3. The molecule has 0 amide bonds. The molecule has 0 bridgehead atoms. The Hall–Kier alpha value is -6.71. The minimum atomic E-state index is -1.66.